The summed E-state index contributed by atoms with van der Waals surface area (Å²) >= 11 is 0. The molecule has 1 saturated carbocycles. The van der Waals surface area contributed by atoms with Gasteiger partial charge in [0.1, 0.15) is 0 Å². The molecule has 1 aliphatic heterocycles. The van der Waals surface area contributed by atoms with E-state index in [1.54, 1.807) is 12.0 Å². The number of nitrogens with zero attached hydrogens (tertiary/aromatic N) is 1. The first-order valence-electron chi connectivity index (χ1n) is 10.0. The molecule has 1 aliphatic carbocycles. The molecule has 1 saturated heterocycles. The Morgan fingerprint density at radius 1 is 1.26 bits per heavy atom. The molecule has 0 bridgehead atoms. The number of carbonyl (C=O) groups excluding carboxylic acids is 1. The van der Waals surface area contributed by atoms with Crippen LogP contribution in [0.25, 0.3) is 0 Å². The van der Waals surface area contributed by atoms with Crippen molar-refractivity contribution in [1.29, 1.82) is 0 Å². The molecule has 150 valence electrons. The van der Waals surface area contributed by atoms with Crippen LogP contribution in [0.15, 0.2) is 18.2 Å². The van der Waals surface area contributed by atoms with Crippen molar-refractivity contribution >= 4 is 5.91 Å². The quantitative estimate of drug-likeness (QED) is 0.793. The molecule has 1 aromatic carbocycles. The summed E-state index contributed by atoms with van der Waals surface area (Å²) in [6.07, 6.45) is 5.17. The highest BCUT2D eigenvalue weighted by molar-refractivity contribution is 5.78. The molecule has 1 amide bonds. The summed E-state index contributed by atoms with van der Waals surface area (Å²) in [5, 5.41) is 3.66. The van der Waals surface area contributed by atoms with Gasteiger partial charge in [-0.15, -0.1) is 0 Å². The lowest BCUT2D eigenvalue weighted by atomic mass is 9.87. The van der Waals surface area contributed by atoms with E-state index in [9.17, 15) is 4.79 Å². The third-order valence-electron chi connectivity index (χ3n) is 5.47. The van der Waals surface area contributed by atoms with Crippen molar-refractivity contribution in [1.82, 2.24) is 10.2 Å². The fourth-order valence-corrected chi connectivity index (χ4v) is 3.87. The van der Waals surface area contributed by atoms with Gasteiger partial charge in [-0.2, -0.15) is 0 Å². The van der Waals surface area contributed by atoms with Crippen LogP contribution in [0.2, 0.25) is 0 Å². The van der Waals surface area contributed by atoms with E-state index in [1.165, 1.54) is 25.7 Å². The normalized spacial score (nSPS) is 23.1. The zero-order valence-corrected chi connectivity index (χ0v) is 16.5. The van der Waals surface area contributed by atoms with Gasteiger partial charge in [-0.1, -0.05) is 25.8 Å². The molecule has 0 aromatic heterocycles. The first-order chi connectivity index (χ1) is 13.2. The molecule has 2 unspecified atom stereocenters. The first-order valence-corrected chi connectivity index (χ1v) is 10.0. The molecule has 2 fully saturated rings. The van der Waals surface area contributed by atoms with Gasteiger partial charge in [0, 0.05) is 25.7 Å². The monoisotopic (exact) mass is 376 g/mol. The van der Waals surface area contributed by atoms with Crippen LogP contribution in [-0.4, -0.2) is 56.9 Å². The van der Waals surface area contributed by atoms with Gasteiger partial charge in [-0.25, -0.2) is 0 Å². The van der Waals surface area contributed by atoms with Crippen molar-refractivity contribution in [3.05, 3.63) is 23.8 Å². The Hall–Kier alpha value is -1.79. The molecule has 1 aromatic rings. The standard InChI is InChI=1S/C21H32N2O4/c1-16-4-3-5-18(12-16)22-14-17-6-7-19(20(13-17)25-2)27-15-21(24)23-8-10-26-11-9-23/h6-7,13,16,18,22H,3-5,8-12,14-15H2,1-2H3. The molecule has 0 radical (unpaired) electrons. The van der Waals surface area contributed by atoms with Gasteiger partial charge in [0.15, 0.2) is 18.1 Å². The fraction of sp³-hybridized carbons (Fsp3) is 0.667. The van der Waals surface area contributed by atoms with E-state index in [2.05, 4.69) is 12.2 Å². The molecule has 1 N–H and O–H groups in total. The molecule has 1 heterocycles. The summed E-state index contributed by atoms with van der Waals surface area (Å²) in [5.74, 6) is 2.07. The van der Waals surface area contributed by atoms with E-state index >= 15 is 0 Å². The maximum Gasteiger partial charge on any atom is 0.260 e. The summed E-state index contributed by atoms with van der Waals surface area (Å²) in [7, 11) is 1.63. The van der Waals surface area contributed by atoms with Crippen LogP contribution in [0.1, 0.15) is 38.2 Å². The maximum atomic E-state index is 12.2. The van der Waals surface area contributed by atoms with Gasteiger partial charge in [0.05, 0.1) is 20.3 Å². The minimum atomic E-state index is -0.0162. The van der Waals surface area contributed by atoms with Crippen molar-refractivity contribution in [3.63, 3.8) is 0 Å². The maximum absolute atomic E-state index is 12.2. The first kappa shape index (κ1) is 20.0. The van der Waals surface area contributed by atoms with Crippen LogP contribution in [0.4, 0.5) is 0 Å². The second-order valence-electron chi connectivity index (χ2n) is 7.62. The zero-order valence-electron chi connectivity index (χ0n) is 16.5. The van der Waals surface area contributed by atoms with E-state index in [0.29, 0.717) is 43.8 Å². The number of methoxy groups -OCH3 is 1. The minimum Gasteiger partial charge on any atom is -0.493 e. The van der Waals surface area contributed by atoms with Gasteiger partial charge in [-0.3, -0.25) is 4.79 Å². The number of hydrogen-bond donors (Lipinski definition) is 1. The van der Waals surface area contributed by atoms with Crippen molar-refractivity contribution in [3.8, 4) is 11.5 Å². The molecular formula is C21H32N2O4. The third-order valence-corrected chi connectivity index (χ3v) is 5.47. The molecule has 27 heavy (non-hydrogen) atoms. The number of ether oxygens (including phenoxy) is 3. The summed E-state index contributed by atoms with van der Waals surface area (Å²) < 4.78 is 16.5. The molecule has 2 atom stereocenters. The predicted octanol–water partition coefficient (Wildman–Crippen LogP) is 2.60. The Balaban J connectivity index is 1.51. The van der Waals surface area contributed by atoms with E-state index in [-0.39, 0.29) is 12.5 Å². The van der Waals surface area contributed by atoms with Crippen molar-refractivity contribution in [2.45, 2.75) is 45.2 Å². The average molecular weight is 376 g/mol. The van der Waals surface area contributed by atoms with Crippen LogP contribution in [-0.2, 0) is 16.1 Å². The van der Waals surface area contributed by atoms with E-state index < -0.39 is 0 Å². The summed E-state index contributed by atoms with van der Waals surface area (Å²) in [5.41, 5.74) is 1.16. The SMILES string of the molecule is COc1cc(CNC2CCCC(C)C2)ccc1OCC(=O)N1CCOCC1. The minimum absolute atomic E-state index is 0.0162. The lowest BCUT2D eigenvalue weighted by molar-refractivity contribution is -0.137. The van der Waals surface area contributed by atoms with Gasteiger partial charge in [-0.05, 0) is 36.5 Å². The summed E-state index contributed by atoms with van der Waals surface area (Å²) in [6, 6.07) is 6.53. The van der Waals surface area contributed by atoms with Crippen molar-refractivity contribution in [2.24, 2.45) is 5.92 Å². The molecule has 2 aliphatic rings. The number of morpholine rings is 1. The number of rotatable bonds is 7. The van der Waals surface area contributed by atoms with Crippen LogP contribution in [0.3, 0.4) is 0 Å². The Labute approximate surface area is 162 Å². The van der Waals surface area contributed by atoms with Crippen molar-refractivity contribution in [2.75, 3.05) is 40.0 Å². The average Bonchev–Trinajstić information content (AvgIpc) is 2.71. The lowest BCUT2D eigenvalue weighted by Gasteiger charge is -2.27. The third kappa shape index (κ3) is 5.84. The number of nitrogens with one attached hydrogen (secondary N) is 1. The highest BCUT2D eigenvalue weighted by Crippen LogP contribution is 2.29. The Morgan fingerprint density at radius 2 is 2.07 bits per heavy atom. The largest absolute Gasteiger partial charge is 0.493 e. The van der Waals surface area contributed by atoms with E-state index in [0.717, 1.165) is 18.0 Å². The van der Waals surface area contributed by atoms with Crippen LogP contribution >= 0.6 is 0 Å². The Morgan fingerprint density at radius 3 is 2.81 bits per heavy atom. The molecular weight excluding hydrogens is 344 g/mol. The van der Waals surface area contributed by atoms with Crippen LogP contribution in [0, 0.1) is 5.92 Å². The van der Waals surface area contributed by atoms with Gasteiger partial charge in [0.2, 0.25) is 0 Å². The molecule has 6 nitrogen and oxygen atoms in total. The Kier molecular flexibility index (Phi) is 7.35. The lowest BCUT2D eigenvalue weighted by Crippen LogP contribution is -2.43. The second-order valence-corrected chi connectivity index (χ2v) is 7.62. The Bertz CT molecular complexity index is 616. The summed E-state index contributed by atoms with van der Waals surface area (Å²) in [6.45, 7) is 5.62. The predicted molar refractivity (Wildman–Crippen MR) is 104 cm³/mol. The number of benzene rings is 1. The van der Waals surface area contributed by atoms with Crippen LogP contribution in [0.5, 0.6) is 11.5 Å². The molecule has 3 rings (SSSR count). The van der Waals surface area contributed by atoms with Crippen LogP contribution < -0.4 is 14.8 Å². The summed E-state index contributed by atoms with van der Waals surface area (Å²) in [4.78, 5) is 14.0. The molecule has 0 spiro atoms. The van der Waals surface area contributed by atoms with Crippen molar-refractivity contribution < 1.29 is 19.0 Å². The zero-order chi connectivity index (χ0) is 19.1. The van der Waals surface area contributed by atoms with Gasteiger partial charge >= 0.3 is 0 Å². The number of amides is 1. The smallest absolute Gasteiger partial charge is 0.260 e. The molecule has 6 heteroatoms. The topological polar surface area (TPSA) is 60.0 Å². The second kappa shape index (κ2) is 9.95. The highest BCUT2D eigenvalue weighted by atomic mass is 16.5. The highest BCUT2D eigenvalue weighted by Gasteiger charge is 2.19. The van der Waals surface area contributed by atoms with E-state index in [1.807, 2.05) is 18.2 Å². The number of carbonyl (C=O) groups is 1. The van der Waals surface area contributed by atoms with Gasteiger partial charge in [0.25, 0.3) is 5.91 Å². The van der Waals surface area contributed by atoms with E-state index in [4.69, 9.17) is 14.2 Å². The fourth-order valence-electron chi connectivity index (χ4n) is 3.87. The van der Waals surface area contributed by atoms with Gasteiger partial charge < -0.3 is 24.4 Å². The number of hydrogen-bond acceptors (Lipinski definition) is 5.